The number of carbonyl (C=O) groups excluding carboxylic acids is 1. The number of carbonyl (C=O) groups is 1. The van der Waals surface area contributed by atoms with Crippen LogP contribution < -0.4 is 15.8 Å². The maximum absolute atomic E-state index is 10.7. The van der Waals surface area contributed by atoms with Crippen LogP contribution in [0.1, 0.15) is 23.2 Å². The van der Waals surface area contributed by atoms with Gasteiger partial charge in [0.2, 0.25) is 5.91 Å². The Bertz CT molecular complexity index is 598. The average molecular weight is 305 g/mol. The lowest BCUT2D eigenvalue weighted by atomic mass is 10.3. The molecule has 5 nitrogen and oxygen atoms in total. The molecule has 0 unspecified atom stereocenters. The number of rotatable bonds is 8. The number of aromatic nitrogens is 1. The summed E-state index contributed by atoms with van der Waals surface area (Å²) < 4.78 is 5.59. The number of hydrogen-bond acceptors (Lipinski definition) is 5. The highest BCUT2D eigenvalue weighted by Gasteiger charge is 2.05. The lowest BCUT2D eigenvalue weighted by Gasteiger charge is -2.12. The second kappa shape index (κ2) is 7.64. The van der Waals surface area contributed by atoms with E-state index in [-0.39, 0.29) is 18.9 Å². The predicted octanol–water partition coefficient (Wildman–Crippen LogP) is 2.57. The third kappa shape index (κ3) is 4.75. The molecular weight excluding hydrogens is 286 g/mol. The van der Waals surface area contributed by atoms with Crippen LogP contribution >= 0.6 is 11.3 Å². The first-order valence-corrected chi connectivity index (χ1v) is 7.68. The SMILES string of the molecule is CCc1ncc(CNc2ccccc2OCCC(N)=O)s1. The van der Waals surface area contributed by atoms with Crippen LogP contribution in [-0.2, 0) is 17.8 Å². The van der Waals surface area contributed by atoms with Gasteiger partial charge in [0.15, 0.2) is 0 Å². The van der Waals surface area contributed by atoms with E-state index in [9.17, 15) is 4.79 Å². The third-order valence-electron chi connectivity index (χ3n) is 2.85. The number of ether oxygens (including phenoxy) is 1. The molecule has 1 aromatic carbocycles. The zero-order valence-electron chi connectivity index (χ0n) is 12.0. The zero-order chi connectivity index (χ0) is 15.1. The number of anilines is 1. The predicted molar refractivity (Wildman–Crippen MR) is 84.6 cm³/mol. The number of amides is 1. The van der Waals surface area contributed by atoms with E-state index in [0.717, 1.165) is 22.9 Å². The number of hydrogen-bond donors (Lipinski definition) is 2. The second-order valence-electron chi connectivity index (χ2n) is 4.49. The molecule has 2 rings (SSSR count). The van der Waals surface area contributed by atoms with Crippen molar-refractivity contribution in [1.82, 2.24) is 4.98 Å². The van der Waals surface area contributed by atoms with Crippen LogP contribution in [0.15, 0.2) is 30.5 Å². The average Bonchev–Trinajstić information content (AvgIpc) is 2.94. The summed E-state index contributed by atoms with van der Waals surface area (Å²) in [4.78, 5) is 16.3. The van der Waals surface area contributed by atoms with Gasteiger partial charge in [-0.25, -0.2) is 4.98 Å². The Morgan fingerprint density at radius 1 is 1.43 bits per heavy atom. The van der Waals surface area contributed by atoms with E-state index < -0.39 is 0 Å². The van der Waals surface area contributed by atoms with Crippen LogP contribution in [-0.4, -0.2) is 17.5 Å². The molecule has 1 heterocycles. The van der Waals surface area contributed by atoms with Crippen LogP contribution in [0, 0.1) is 0 Å². The Morgan fingerprint density at radius 3 is 2.95 bits per heavy atom. The number of primary amides is 1. The number of para-hydroxylation sites is 2. The van der Waals surface area contributed by atoms with Gasteiger partial charge in [-0.1, -0.05) is 19.1 Å². The van der Waals surface area contributed by atoms with Crippen LogP contribution in [0.4, 0.5) is 5.69 Å². The van der Waals surface area contributed by atoms with Crippen molar-refractivity contribution in [3.05, 3.63) is 40.3 Å². The van der Waals surface area contributed by atoms with Crippen molar-refractivity contribution in [2.45, 2.75) is 26.3 Å². The third-order valence-corrected chi connectivity index (χ3v) is 3.99. The van der Waals surface area contributed by atoms with E-state index in [1.807, 2.05) is 30.5 Å². The summed E-state index contributed by atoms with van der Waals surface area (Å²) in [5.41, 5.74) is 6.00. The van der Waals surface area contributed by atoms with Crippen LogP contribution in [0.5, 0.6) is 5.75 Å². The van der Waals surface area contributed by atoms with Gasteiger partial charge in [0, 0.05) is 11.1 Å². The van der Waals surface area contributed by atoms with Crippen LogP contribution in [0.25, 0.3) is 0 Å². The maximum atomic E-state index is 10.7. The lowest BCUT2D eigenvalue weighted by Crippen LogP contribution is -2.15. The van der Waals surface area contributed by atoms with Gasteiger partial charge >= 0.3 is 0 Å². The highest BCUT2D eigenvalue weighted by Crippen LogP contribution is 2.25. The lowest BCUT2D eigenvalue weighted by molar-refractivity contribution is -0.118. The van der Waals surface area contributed by atoms with Gasteiger partial charge in [-0.3, -0.25) is 4.79 Å². The number of thiazole rings is 1. The fourth-order valence-electron chi connectivity index (χ4n) is 1.78. The molecule has 1 amide bonds. The maximum Gasteiger partial charge on any atom is 0.220 e. The van der Waals surface area contributed by atoms with Gasteiger partial charge < -0.3 is 15.8 Å². The number of aryl methyl sites for hydroxylation is 1. The minimum atomic E-state index is -0.364. The molecule has 6 heteroatoms. The van der Waals surface area contributed by atoms with Gasteiger partial charge in [-0.2, -0.15) is 0 Å². The van der Waals surface area contributed by atoms with Crippen molar-refractivity contribution in [2.75, 3.05) is 11.9 Å². The summed E-state index contributed by atoms with van der Waals surface area (Å²) in [6.45, 7) is 3.08. The van der Waals surface area contributed by atoms with Crippen molar-refractivity contribution in [3.63, 3.8) is 0 Å². The zero-order valence-corrected chi connectivity index (χ0v) is 12.8. The van der Waals surface area contributed by atoms with E-state index in [0.29, 0.717) is 6.54 Å². The fraction of sp³-hybridized carbons (Fsp3) is 0.333. The molecule has 0 aliphatic rings. The summed E-state index contributed by atoms with van der Waals surface area (Å²) >= 11 is 1.70. The molecule has 0 atom stereocenters. The van der Waals surface area contributed by atoms with Gasteiger partial charge in [0.1, 0.15) is 5.75 Å². The number of benzene rings is 1. The molecule has 2 aromatic rings. The Hall–Kier alpha value is -2.08. The van der Waals surface area contributed by atoms with Gasteiger partial charge in [0.25, 0.3) is 0 Å². The quantitative estimate of drug-likeness (QED) is 0.786. The van der Waals surface area contributed by atoms with Gasteiger partial charge in [0.05, 0.1) is 30.3 Å². The van der Waals surface area contributed by atoms with Crippen molar-refractivity contribution in [1.29, 1.82) is 0 Å². The minimum absolute atomic E-state index is 0.211. The molecule has 0 saturated heterocycles. The topological polar surface area (TPSA) is 77.2 Å². The molecule has 21 heavy (non-hydrogen) atoms. The monoisotopic (exact) mass is 305 g/mol. The Labute approximate surface area is 128 Å². The molecule has 0 aliphatic heterocycles. The number of nitrogens with two attached hydrogens (primary N) is 1. The molecule has 0 radical (unpaired) electrons. The van der Waals surface area contributed by atoms with Crippen molar-refractivity contribution in [3.8, 4) is 5.75 Å². The molecule has 112 valence electrons. The fourth-order valence-corrected chi connectivity index (χ4v) is 2.58. The van der Waals surface area contributed by atoms with E-state index in [2.05, 4.69) is 17.2 Å². The Kier molecular flexibility index (Phi) is 5.57. The summed E-state index contributed by atoms with van der Waals surface area (Å²) in [7, 11) is 0. The van der Waals surface area contributed by atoms with Crippen LogP contribution in [0.3, 0.4) is 0 Å². The second-order valence-corrected chi connectivity index (χ2v) is 5.69. The Morgan fingerprint density at radius 2 is 2.24 bits per heavy atom. The van der Waals surface area contributed by atoms with Crippen molar-refractivity contribution >= 4 is 22.9 Å². The van der Waals surface area contributed by atoms with Gasteiger partial charge in [-0.15, -0.1) is 11.3 Å². The molecular formula is C15H19N3O2S. The molecule has 1 aromatic heterocycles. The molecule has 0 spiro atoms. The van der Waals surface area contributed by atoms with Crippen LogP contribution in [0.2, 0.25) is 0 Å². The van der Waals surface area contributed by atoms with Gasteiger partial charge in [-0.05, 0) is 18.6 Å². The standard InChI is InChI=1S/C15H19N3O2S/c1-2-15-18-10-11(21-15)9-17-12-5-3-4-6-13(12)20-8-7-14(16)19/h3-6,10,17H,2,7-9H2,1H3,(H2,16,19). The Balaban J connectivity index is 1.94. The summed E-state index contributed by atoms with van der Waals surface area (Å²) in [5.74, 6) is 0.358. The van der Waals surface area contributed by atoms with E-state index in [1.54, 1.807) is 11.3 Å². The number of nitrogens with zero attached hydrogens (tertiary/aromatic N) is 1. The normalized spacial score (nSPS) is 10.3. The summed E-state index contributed by atoms with van der Waals surface area (Å²) in [6.07, 6.45) is 3.06. The van der Waals surface area contributed by atoms with Crippen molar-refractivity contribution < 1.29 is 9.53 Å². The first-order valence-electron chi connectivity index (χ1n) is 6.86. The highest BCUT2D eigenvalue weighted by molar-refractivity contribution is 7.11. The van der Waals surface area contributed by atoms with Crippen molar-refractivity contribution in [2.24, 2.45) is 5.73 Å². The smallest absolute Gasteiger partial charge is 0.220 e. The summed E-state index contributed by atoms with van der Waals surface area (Å²) in [6, 6.07) is 7.65. The highest BCUT2D eigenvalue weighted by atomic mass is 32.1. The molecule has 0 saturated carbocycles. The summed E-state index contributed by atoms with van der Waals surface area (Å²) in [5, 5.41) is 4.47. The number of nitrogens with one attached hydrogen (secondary N) is 1. The molecule has 0 fully saturated rings. The van der Waals surface area contributed by atoms with E-state index >= 15 is 0 Å². The van der Waals surface area contributed by atoms with E-state index in [4.69, 9.17) is 10.5 Å². The first kappa shape index (κ1) is 15.3. The minimum Gasteiger partial charge on any atom is -0.491 e. The first-order chi connectivity index (χ1) is 10.2. The van der Waals surface area contributed by atoms with E-state index in [1.165, 1.54) is 4.88 Å². The molecule has 3 N–H and O–H groups in total. The molecule has 0 aliphatic carbocycles. The molecule has 0 bridgehead atoms. The largest absolute Gasteiger partial charge is 0.491 e.